The summed E-state index contributed by atoms with van der Waals surface area (Å²) in [7, 11) is 0. The number of nitrogens with zero attached hydrogens (tertiary/aromatic N) is 2. The van der Waals surface area contributed by atoms with Crippen molar-refractivity contribution in [2.45, 2.75) is 13.3 Å². The smallest absolute Gasteiger partial charge is 0.230 e. The van der Waals surface area contributed by atoms with E-state index in [1.54, 1.807) is 18.3 Å². The second-order valence-corrected chi connectivity index (χ2v) is 6.58. The minimum absolute atomic E-state index is 0.154. The predicted octanol–water partition coefficient (Wildman–Crippen LogP) is 4.52. The average molecular weight is 389 g/mol. The number of para-hydroxylation sites is 2. The molecule has 134 valence electrons. The molecule has 26 heavy (non-hydrogen) atoms. The van der Waals surface area contributed by atoms with Gasteiger partial charge in [0.2, 0.25) is 5.91 Å². The maximum absolute atomic E-state index is 12.3. The minimum atomic E-state index is -0.154. The van der Waals surface area contributed by atoms with Crippen LogP contribution in [0, 0.1) is 0 Å². The highest BCUT2D eigenvalue weighted by molar-refractivity contribution is 7.13. The molecule has 0 saturated heterocycles. The molecule has 2 heterocycles. The van der Waals surface area contributed by atoms with Crippen molar-refractivity contribution in [3.8, 4) is 5.75 Å². The van der Waals surface area contributed by atoms with Crippen molar-refractivity contribution in [1.82, 2.24) is 9.97 Å². The van der Waals surface area contributed by atoms with E-state index in [-0.39, 0.29) is 12.3 Å². The lowest BCUT2D eigenvalue weighted by Gasteiger charge is -2.10. The number of thiazole rings is 1. The van der Waals surface area contributed by atoms with Gasteiger partial charge < -0.3 is 15.4 Å². The molecule has 0 bridgehead atoms. The number of aromatic nitrogens is 2. The van der Waals surface area contributed by atoms with E-state index in [9.17, 15) is 4.79 Å². The molecular formula is C18H17ClN4O2S. The molecule has 0 unspecified atom stereocenters. The summed E-state index contributed by atoms with van der Waals surface area (Å²) >= 11 is 7.22. The van der Waals surface area contributed by atoms with Gasteiger partial charge in [0.15, 0.2) is 5.13 Å². The van der Waals surface area contributed by atoms with Gasteiger partial charge in [0.1, 0.15) is 11.6 Å². The molecule has 3 rings (SSSR count). The van der Waals surface area contributed by atoms with Crippen LogP contribution in [0.15, 0.2) is 48.0 Å². The summed E-state index contributed by atoms with van der Waals surface area (Å²) in [6.07, 6.45) is 1.73. The molecule has 0 spiro atoms. The quantitative estimate of drug-likeness (QED) is 0.622. The molecule has 1 amide bonds. The van der Waals surface area contributed by atoms with Crippen LogP contribution in [-0.4, -0.2) is 22.5 Å². The number of rotatable bonds is 7. The van der Waals surface area contributed by atoms with Crippen LogP contribution in [0.4, 0.5) is 16.6 Å². The third kappa shape index (κ3) is 4.93. The van der Waals surface area contributed by atoms with Crippen LogP contribution < -0.4 is 15.4 Å². The Balaban J connectivity index is 1.60. The van der Waals surface area contributed by atoms with Crippen LogP contribution in [0.5, 0.6) is 5.75 Å². The molecule has 0 aliphatic carbocycles. The molecule has 3 aromatic rings. The van der Waals surface area contributed by atoms with Gasteiger partial charge in [-0.05, 0) is 31.2 Å². The summed E-state index contributed by atoms with van der Waals surface area (Å²) in [5.41, 5.74) is 1.33. The van der Waals surface area contributed by atoms with Crippen LogP contribution in [-0.2, 0) is 11.2 Å². The van der Waals surface area contributed by atoms with Gasteiger partial charge in [-0.25, -0.2) is 9.97 Å². The molecule has 0 aliphatic rings. The molecule has 2 N–H and O–H groups in total. The zero-order valence-electron chi connectivity index (χ0n) is 14.0. The van der Waals surface area contributed by atoms with E-state index in [2.05, 4.69) is 20.6 Å². The summed E-state index contributed by atoms with van der Waals surface area (Å²) in [6.45, 7) is 2.44. The minimum Gasteiger partial charge on any atom is -0.492 e. The molecule has 0 fully saturated rings. The van der Waals surface area contributed by atoms with Crippen molar-refractivity contribution in [2.75, 3.05) is 17.2 Å². The van der Waals surface area contributed by atoms with E-state index in [0.29, 0.717) is 39.7 Å². The highest BCUT2D eigenvalue weighted by Gasteiger charge is 2.11. The molecule has 0 aliphatic heterocycles. The summed E-state index contributed by atoms with van der Waals surface area (Å²) in [5.74, 6) is 1.14. The fourth-order valence-corrected chi connectivity index (χ4v) is 3.04. The Morgan fingerprint density at radius 1 is 1.27 bits per heavy atom. The highest BCUT2D eigenvalue weighted by Crippen LogP contribution is 2.24. The monoisotopic (exact) mass is 388 g/mol. The number of anilines is 3. The second kappa shape index (κ2) is 8.64. The lowest BCUT2D eigenvalue weighted by atomic mass is 10.2. The van der Waals surface area contributed by atoms with Crippen molar-refractivity contribution < 1.29 is 9.53 Å². The zero-order valence-corrected chi connectivity index (χ0v) is 15.6. The number of ether oxygens (including phenoxy) is 1. The number of carbonyl (C=O) groups excluding carboxylic acids is 1. The van der Waals surface area contributed by atoms with E-state index in [1.807, 2.05) is 36.6 Å². The lowest BCUT2D eigenvalue weighted by Crippen LogP contribution is -2.15. The molecular weight excluding hydrogens is 372 g/mol. The third-order valence-electron chi connectivity index (χ3n) is 3.32. The van der Waals surface area contributed by atoms with Crippen LogP contribution in [0.25, 0.3) is 0 Å². The van der Waals surface area contributed by atoms with Gasteiger partial charge >= 0.3 is 0 Å². The Bertz CT molecular complexity index is 883. The molecule has 0 saturated carbocycles. The van der Waals surface area contributed by atoms with Gasteiger partial charge in [-0.15, -0.1) is 11.3 Å². The van der Waals surface area contributed by atoms with E-state index in [1.165, 1.54) is 11.3 Å². The van der Waals surface area contributed by atoms with Crippen LogP contribution in [0.2, 0.25) is 5.02 Å². The maximum atomic E-state index is 12.3. The lowest BCUT2D eigenvalue weighted by molar-refractivity contribution is -0.115. The summed E-state index contributed by atoms with van der Waals surface area (Å²) in [6, 6.07) is 10.9. The second-order valence-electron chi connectivity index (χ2n) is 5.28. The molecule has 8 heteroatoms. The molecule has 1 aromatic carbocycles. The average Bonchev–Trinajstić information content (AvgIpc) is 3.05. The van der Waals surface area contributed by atoms with Gasteiger partial charge in [-0.1, -0.05) is 23.7 Å². The van der Waals surface area contributed by atoms with Crippen molar-refractivity contribution in [3.05, 3.63) is 58.7 Å². The number of hydrogen-bond donors (Lipinski definition) is 2. The van der Waals surface area contributed by atoms with Gasteiger partial charge in [0.05, 0.1) is 29.4 Å². The van der Waals surface area contributed by atoms with Gasteiger partial charge in [0.25, 0.3) is 0 Å². The Kier molecular flexibility index (Phi) is 6.04. The molecule has 2 aromatic heterocycles. The number of halogens is 1. The van der Waals surface area contributed by atoms with Crippen molar-refractivity contribution >= 4 is 45.5 Å². The van der Waals surface area contributed by atoms with Crippen LogP contribution in [0.1, 0.15) is 12.6 Å². The molecule has 6 nitrogen and oxygen atoms in total. The standard InChI is InChI=1S/C18H17ClN4O2S/c1-2-25-15-6-4-3-5-14(15)22-17(24)9-13-11-26-18(21-13)23-16-8-7-12(19)10-20-16/h3-8,10-11H,2,9H2,1H3,(H,22,24)(H,20,21,23). The van der Waals surface area contributed by atoms with Crippen molar-refractivity contribution in [2.24, 2.45) is 0 Å². The maximum Gasteiger partial charge on any atom is 0.230 e. The first kappa shape index (κ1) is 18.2. The highest BCUT2D eigenvalue weighted by atomic mass is 35.5. The number of pyridine rings is 1. The number of carbonyl (C=O) groups is 1. The predicted molar refractivity (Wildman–Crippen MR) is 105 cm³/mol. The first-order valence-electron chi connectivity index (χ1n) is 7.98. The Hall–Kier alpha value is -2.64. The Labute approximate surface area is 160 Å². The van der Waals surface area contributed by atoms with E-state index in [0.717, 1.165) is 0 Å². The van der Waals surface area contributed by atoms with Crippen LogP contribution >= 0.6 is 22.9 Å². The fraction of sp³-hybridized carbons (Fsp3) is 0.167. The van der Waals surface area contributed by atoms with E-state index < -0.39 is 0 Å². The van der Waals surface area contributed by atoms with Crippen LogP contribution in [0.3, 0.4) is 0 Å². The molecule has 0 radical (unpaired) electrons. The Morgan fingerprint density at radius 3 is 2.88 bits per heavy atom. The Morgan fingerprint density at radius 2 is 2.12 bits per heavy atom. The third-order valence-corrected chi connectivity index (χ3v) is 4.35. The summed E-state index contributed by atoms with van der Waals surface area (Å²) in [5, 5.41) is 9.02. The summed E-state index contributed by atoms with van der Waals surface area (Å²) < 4.78 is 5.51. The first-order chi connectivity index (χ1) is 12.6. The molecule has 0 atom stereocenters. The van der Waals surface area contributed by atoms with Gasteiger partial charge in [-0.3, -0.25) is 4.79 Å². The number of benzene rings is 1. The number of nitrogens with one attached hydrogen (secondary N) is 2. The normalized spacial score (nSPS) is 10.4. The van der Waals surface area contributed by atoms with E-state index in [4.69, 9.17) is 16.3 Å². The fourth-order valence-electron chi connectivity index (χ4n) is 2.22. The van der Waals surface area contributed by atoms with Gasteiger partial charge in [0, 0.05) is 11.6 Å². The summed E-state index contributed by atoms with van der Waals surface area (Å²) in [4.78, 5) is 20.9. The van der Waals surface area contributed by atoms with Crippen molar-refractivity contribution in [1.29, 1.82) is 0 Å². The topological polar surface area (TPSA) is 76.1 Å². The van der Waals surface area contributed by atoms with E-state index >= 15 is 0 Å². The SMILES string of the molecule is CCOc1ccccc1NC(=O)Cc1csc(Nc2ccc(Cl)cn2)n1. The van der Waals surface area contributed by atoms with Crippen molar-refractivity contribution in [3.63, 3.8) is 0 Å². The largest absolute Gasteiger partial charge is 0.492 e. The first-order valence-corrected chi connectivity index (χ1v) is 9.24. The number of amides is 1. The van der Waals surface area contributed by atoms with Gasteiger partial charge in [-0.2, -0.15) is 0 Å². The zero-order chi connectivity index (χ0) is 18.4. The number of hydrogen-bond acceptors (Lipinski definition) is 6.